The summed E-state index contributed by atoms with van der Waals surface area (Å²) < 4.78 is 34.4. The van der Waals surface area contributed by atoms with Gasteiger partial charge in [0.15, 0.2) is 24.4 Å². The van der Waals surface area contributed by atoms with Crippen LogP contribution in [0.1, 0.15) is 40.2 Å². The maximum absolute atomic E-state index is 11.9. The Morgan fingerprint density at radius 3 is 2.55 bits per heavy atom. The molecule has 0 N–H and O–H groups in total. The molecule has 2 aliphatic heterocycles. The molecule has 1 aromatic carbocycles. The van der Waals surface area contributed by atoms with Gasteiger partial charge in [-0.25, -0.2) is 4.79 Å². The van der Waals surface area contributed by atoms with Crippen LogP contribution >= 0.6 is 0 Å². The van der Waals surface area contributed by atoms with Gasteiger partial charge in [-0.15, -0.1) is 0 Å². The van der Waals surface area contributed by atoms with E-state index in [1.54, 1.807) is 6.08 Å². The summed E-state index contributed by atoms with van der Waals surface area (Å²) in [7, 11) is 2.81. The summed E-state index contributed by atoms with van der Waals surface area (Å²) in [6.45, 7) is 9.88. The van der Waals surface area contributed by atoms with Crippen LogP contribution in [0.5, 0.6) is 11.5 Å². The number of esters is 1. The molecule has 1 fully saturated rings. The molecule has 7 nitrogen and oxygen atoms in total. The number of hydrogen-bond donors (Lipinski definition) is 0. The predicted octanol–water partition coefficient (Wildman–Crippen LogP) is 4.93. The van der Waals surface area contributed by atoms with Crippen LogP contribution in [0, 0.1) is 0 Å². The van der Waals surface area contributed by atoms with Crippen molar-refractivity contribution in [3.05, 3.63) is 65.0 Å². The number of carbonyl (C=O) groups is 1. The van der Waals surface area contributed by atoms with Gasteiger partial charge in [0.2, 0.25) is 0 Å². The average molecular weight is 457 g/mol. The summed E-state index contributed by atoms with van der Waals surface area (Å²) in [6, 6.07) is 5.67. The van der Waals surface area contributed by atoms with Crippen molar-refractivity contribution in [2.45, 2.75) is 52.3 Å². The number of fused-ring (bicyclic) bond motifs is 1. The Labute approximate surface area is 195 Å². The molecule has 0 aromatic heterocycles. The highest BCUT2D eigenvalue weighted by molar-refractivity contribution is 5.93. The van der Waals surface area contributed by atoms with E-state index < -0.39 is 23.6 Å². The monoisotopic (exact) mass is 456 g/mol. The minimum Gasteiger partial charge on any atom is -0.503 e. The highest BCUT2D eigenvalue weighted by Crippen LogP contribution is 2.46. The first-order chi connectivity index (χ1) is 15.6. The molecule has 1 saturated heterocycles. The molecule has 2 heterocycles. The van der Waals surface area contributed by atoms with E-state index in [-0.39, 0.29) is 6.61 Å². The second-order valence-corrected chi connectivity index (χ2v) is 8.68. The van der Waals surface area contributed by atoms with Crippen LogP contribution in [0.3, 0.4) is 0 Å². The molecule has 2 atom stereocenters. The van der Waals surface area contributed by atoms with Crippen molar-refractivity contribution in [2.75, 3.05) is 20.8 Å². The molecule has 178 valence electrons. The highest BCUT2D eigenvalue weighted by Gasteiger charge is 2.60. The lowest BCUT2D eigenvalue weighted by Gasteiger charge is -2.40. The summed E-state index contributed by atoms with van der Waals surface area (Å²) in [5.74, 6) is -0.300. The van der Waals surface area contributed by atoms with Crippen LogP contribution in [0.4, 0.5) is 0 Å². The van der Waals surface area contributed by atoms with E-state index in [2.05, 4.69) is 0 Å². The Morgan fingerprint density at radius 1 is 1.12 bits per heavy atom. The van der Waals surface area contributed by atoms with E-state index in [0.717, 1.165) is 11.1 Å². The fourth-order valence-corrected chi connectivity index (χ4v) is 3.56. The molecule has 0 saturated carbocycles. The van der Waals surface area contributed by atoms with Crippen LogP contribution < -0.4 is 9.47 Å². The van der Waals surface area contributed by atoms with Gasteiger partial charge in [0.05, 0.1) is 26.1 Å². The summed E-state index contributed by atoms with van der Waals surface area (Å²) in [5, 5.41) is 0. The molecule has 0 aliphatic carbocycles. The lowest BCUT2D eigenvalue weighted by Crippen LogP contribution is -2.58. The average Bonchev–Trinajstić information content (AvgIpc) is 2.98. The lowest BCUT2D eigenvalue weighted by molar-refractivity contribution is -0.216. The number of methoxy groups -OCH3 is 2. The van der Waals surface area contributed by atoms with Crippen molar-refractivity contribution >= 4 is 12.0 Å². The Kier molecular flexibility index (Phi) is 7.34. The van der Waals surface area contributed by atoms with E-state index in [1.807, 2.05) is 71.0 Å². The Bertz CT molecular complexity index is 1010. The predicted molar refractivity (Wildman–Crippen MR) is 125 cm³/mol. The molecule has 2 aliphatic rings. The van der Waals surface area contributed by atoms with Crippen molar-refractivity contribution in [2.24, 2.45) is 0 Å². The van der Waals surface area contributed by atoms with E-state index >= 15 is 0 Å². The van der Waals surface area contributed by atoms with Crippen molar-refractivity contribution in [3.63, 3.8) is 0 Å². The van der Waals surface area contributed by atoms with Crippen molar-refractivity contribution < 1.29 is 33.2 Å². The minimum atomic E-state index is -1.06. The van der Waals surface area contributed by atoms with Gasteiger partial charge in [-0.2, -0.15) is 0 Å². The molecule has 0 unspecified atom stereocenters. The maximum Gasteiger partial charge on any atom is 0.341 e. The Balaban J connectivity index is 1.81. The number of rotatable bonds is 6. The molecule has 7 heteroatoms. The van der Waals surface area contributed by atoms with E-state index in [0.29, 0.717) is 22.6 Å². The van der Waals surface area contributed by atoms with Crippen molar-refractivity contribution in [3.8, 4) is 11.5 Å². The normalized spacial score (nSPS) is 24.2. The molecule has 0 bridgehead atoms. The first-order valence-corrected chi connectivity index (χ1v) is 10.7. The first-order valence-electron chi connectivity index (χ1n) is 10.7. The van der Waals surface area contributed by atoms with Gasteiger partial charge in [0.1, 0.15) is 5.60 Å². The number of benzene rings is 1. The number of carbonyl (C=O) groups excluding carboxylic acids is 1. The molecule has 1 spiro atoms. The SMILES string of the molecule is COC=C(C(=O)OC)C(C)=CC=Cc1ccc2c(c1)O[C@]1(CO2)O[C@H](C=C(C)C)OC1(C)C. The molecular formula is C26H32O7. The first kappa shape index (κ1) is 24.6. The summed E-state index contributed by atoms with van der Waals surface area (Å²) in [6.07, 6.45) is 8.33. The summed E-state index contributed by atoms with van der Waals surface area (Å²) in [4.78, 5) is 11.9. The third-order valence-corrected chi connectivity index (χ3v) is 5.47. The van der Waals surface area contributed by atoms with Gasteiger partial charge in [0.25, 0.3) is 5.79 Å². The largest absolute Gasteiger partial charge is 0.503 e. The maximum atomic E-state index is 11.9. The summed E-state index contributed by atoms with van der Waals surface area (Å²) in [5.41, 5.74) is 2.33. The van der Waals surface area contributed by atoms with Gasteiger partial charge in [-0.3, -0.25) is 0 Å². The zero-order valence-corrected chi connectivity index (χ0v) is 20.3. The minimum absolute atomic E-state index is 0.222. The third kappa shape index (κ3) is 5.31. The van der Waals surface area contributed by atoms with E-state index in [4.69, 9.17) is 28.4 Å². The zero-order valence-electron chi connectivity index (χ0n) is 20.3. The van der Waals surface area contributed by atoms with Gasteiger partial charge < -0.3 is 28.4 Å². The zero-order chi connectivity index (χ0) is 24.2. The quantitative estimate of drug-likeness (QED) is 0.197. The molecular weight excluding hydrogens is 424 g/mol. The van der Waals surface area contributed by atoms with Crippen LogP contribution in [0.2, 0.25) is 0 Å². The molecule has 3 rings (SSSR count). The number of ether oxygens (including phenoxy) is 6. The van der Waals surface area contributed by atoms with Crippen LogP contribution in [0.25, 0.3) is 6.08 Å². The van der Waals surface area contributed by atoms with Crippen molar-refractivity contribution in [1.29, 1.82) is 0 Å². The lowest BCUT2D eigenvalue weighted by atomic mass is 9.97. The molecule has 0 radical (unpaired) electrons. The van der Waals surface area contributed by atoms with Crippen LogP contribution in [-0.4, -0.2) is 44.5 Å². The second kappa shape index (κ2) is 9.85. The van der Waals surface area contributed by atoms with Crippen LogP contribution in [0.15, 0.2) is 59.4 Å². The third-order valence-electron chi connectivity index (χ3n) is 5.47. The van der Waals surface area contributed by atoms with Gasteiger partial charge in [-0.1, -0.05) is 29.9 Å². The van der Waals surface area contributed by atoms with Crippen molar-refractivity contribution in [1.82, 2.24) is 0 Å². The highest BCUT2D eigenvalue weighted by atomic mass is 16.8. The van der Waals surface area contributed by atoms with E-state index in [1.165, 1.54) is 20.5 Å². The molecule has 0 amide bonds. The fourth-order valence-electron chi connectivity index (χ4n) is 3.56. The second-order valence-electron chi connectivity index (χ2n) is 8.68. The van der Waals surface area contributed by atoms with Crippen LogP contribution in [-0.2, 0) is 23.7 Å². The van der Waals surface area contributed by atoms with Gasteiger partial charge in [-0.05, 0) is 64.0 Å². The van der Waals surface area contributed by atoms with Gasteiger partial charge in [0, 0.05) is 0 Å². The van der Waals surface area contributed by atoms with E-state index in [9.17, 15) is 4.79 Å². The topological polar surface area (TPSA) is 72.5 Å². The Morgan fingerprint density at radius 2 is 1.88 bits per heavy atom. The number of hydrogen-bond acceptors (Lipinski definition) is 7. The summed E-state index contributed by atoms with van der Waals surface area (Å²) >= 11 is 0. The number of allylic oxidation sites excluding steroid dienone is 3. The fraction of sp³-hybridized carbons (Fsp3) is 0.423. The van der Waals surface area contributed by atoms with Gasteiger partial charge >= 0.3 is 5.97 Å². The molecule has 33 heavy (non-hydrogen) atoms. The standard InChI is InChI=1S/C26H32O7/c1-17(2)13-23-32-25(4,5)26(33-23)16-30-21-12-11-19(14-22(21)31-26)10-8-9-18(3)20(15-28-6)24(27)29-7/h8-15,23H,16H2,1-7H3/t23-,26-/m1/s1. The smallest absolute Gasteiger partial charge is 0.341 e. The molecule has 1 aromatic rings. The Hall–Kier alpha value is -3.03.